The SMILES string of the molecule is C=CCN(c1ccc(Cl)cc1)S(=O)(=O)c1cc(C(=O)OCC(=O)N[C@H]2CCC[C@H](C)[C@H]2C)ccc1Cl. The first kappa shape index (κ1) is 28.0. The van der Waals surface area contributed by atoms with Crippen LogP contribution in [-0.4, -0.2) is 39.5 Å². The van der Waals surface area contributed by atoms with Crippen molar-refractivity contribution in [2.45, 2.75) is 44.0 Å². The van der Waals surface area contributed by atoms with Crippen molar-refractivity contribution in [3.8, 4) is 0 Å². The second-order valence-corrected chi connectivity index (χ2v) is 11.6. The smallest absolute Gasteiger partial charge is 0.338 e. The highest BCUT2D eigenvalue weighted by atomic mass is 35.5. The van der Waals surface area contributed by atoms with E-state index < -0.39 is 28.5 Å². The van der Waals surface area contributed by atoms with Gasteiger partial charge in [-0.1, -0.05) is 56.0 Å². The summed E-state index contributed by atoms with van der Waals surface area (Å²) in [4.78, 5) is 24.8. The number of carbonyl (C=O) groups is 2. The van der Waals surface area contributed by atoms with E-state index in [-0.39, 0.29) is 28.1 Å². The maximum absolute atomic E-state index is 13.5. The van der Waals surface area contributed by atoms with E-state index in [1.807, 2.05) is 0 Å². The summed E-state index contributed by atoms with van der Waals surface area (Å²) in [7, 11) is -4.18. The molecular weight excluding hydrogens is 523 g/mol. The lowest BCUT2D eigenvalue weighted by Crippen LogP contribution is -2.45. The van der Waals surface area contributed by atoms with E-state index in [1.165, 1.54) is 18.2 Å². The fraction of sp³-hybridized carbons (Fsp3) is 0.385. The second kappa shape index (κ2) is 12.1. The molecule has 1 N–H and O–H groups in total. The maximum atomic E-state index is 13.5. The quantitative estimate of drug-likeness (QED) is 0.328. The van der Waals surface area contributed by atoms with Crippen LogP contribution in [0.15, 0.2) is 60.0 Å². The van der Waals surface area contributed by atoms with Gasteiger partial charge < -0.3 is 10.1 Å². The van der Waals surface area contributed by atoms with Gasteiger partial charge in [-0.15, -0.1) is 6.58 Å². The number of hydrogen-bond donors (Lipinski definition) is 1. The van der Waals surface area contributed by atoms with Gasteiger partial charge in [-0.3, -0.25) is 9.10 Å². The first-order chi connectivity index (χ1) is 17.0. The predicted molar refractivity (Wildman–Crippen MR) is 142 cm³/mol. The van der Waals surface area contributed by atoms with Crippen molar-refractivity contribution < 1.29 is 22.7 Å². The van der Waals surface area contributed by atoms with Crippen LogP contribution in [0.2, 0.25) is 10.0 Å². The van der Waals surface area contributed by atoms with E-state index in [2.05, 4.69) is 25.7 Å². The summed E-state index contributed by atoms with van der Waals surface area (Å²) in [6.45, 7) is 7.41. The van der Waals surface area contributed by atoms with Crippen molar-refractivity contribution in [1.29, 1.82) is 0 Å². The lowest BCUT2D eigenvalue weighted by molar-refractivity contribution is -0.125. The van der Waals surface area contributed by atoms with E-state index in [4.69, 9.17) is 27.9 Å². The maximum Gasteiger partial charge on any atom is 0.338 e. The van der Waals surface area contributed by atoms with E-state index in [1.54, 1.807) is 24.3 Å². The van der Waals surface area contributed by atoms with Crippen LogP contribution in [0, 0.1) is 11.8 Å². The molecule has 0 heterocycles. The number of ether oxygens (including phenoxy) is 1. The number of carbonyl (C=O) groups excluding carboxylic acids is 2. The molecule has 3 rings (SSSR count). The zero-order chi connectivity index (χ0) is 26.5. The standard InChI is InChI=1S/C26H30Cl2N2O5S/c1-4-14-30(21-11-9-20(27)10-12-21)36(33,34)24-15-19(8-13-22(24)28)26(32)35-16-25(31)29-23-7-5-6-17(2)18(23)3/h4,8-13,15,17-18,23H,1,5-7,14,16H2,2-3H3,(H,29,31)/t17-,18+,23-/m0/s1. The Morgan fingerprint density at radius 3 is 2.50 bits per heavy atom. The number of esters is 1. The molecule has 194 valence electrons. The molecule has 0 saturated heterocycles. The minimum absolute atomic E-state index is 0.0344. The Bertz CT molecular complexity index is 1220. The normalized spacial score (nSPS) is 19.8. The lowest BCUT2D eigenvalue weighted by atomic mass is 9.78. The first-order valence-electron chi connectivity index (χ1n) is 11.7. The highest BCUT2D eigenvalue weighted by Gasteiger charge is 2.30. The Kier molecular flexibility index (Phi) is 9.44. The van der Waals surface area contributed by atoms with Crippen LogP contribution in [0.5, 0.6) is 0 Å². The van der Waals surface area contributed by atoms with Crippen LogP contribution in [0.4, 0.5) is 5.69 Å². The third kappa shape index (κ3) is 6.60. The monoisotopic (exact) mass is 552 g/mol. The van der Waals surface area contributed by atoms with Crippen molar-refractivity contribution in [1.82, 2.24) is 5.32 Å². The molecule has 1 aliphatic rings. The Hall–Kier alpha value is -2.55. The van der Waals surface area contributed by atoms with Crippen LogP contribution >= 0.6 is 23.2 Å². The summed E-state index contributed by atoms with van der Waals surface area (Å²) < 4.78 is 33.3. The average molecular weight is 554 g/mol. The number of anilines is 1. The summed E-state index contributed by atoms with van der Waals surface area (Å²) >= 11 is 12.2. The molecule has 3 atom stereocenters. The molecule has 10 heteroatoms. The van der Waals surface area contributed by atoms with Crippen molar-refractivity contribution >= 4 is 50.8 Å². The molecule has 2 aromatic rings. The molecule has 0 aromatic heterocycles. The minimum atomic E-state index is -4.18. The average Bonchev–Trinajstić information content (AvgIpc) is 2.84. The third-order valence-electron chi connectivity index (χ3n) is 6.53. The number of rotatable bonds is 9. The van der Waals surface area contributed by atoms with Crippen LogP contribution in [0.25, 0.3) is 0 Å². The molecule has 7 nitrogen and oxygen atoms in total. The fourth-order valence-electron chi connectivity index (χ4n) is 4.26. The summed E-state index contributed by atoms with van der Waals surface area (Å²) in [6.07, 6.45) is 4.49. The topological polar surface area (TPSA) is 92.8 Å². The van der Waals surface area contributed by atoms with Gasteiger partial charge in [0, 0.05) is 11.1 Å². The molecule has 36 heavy (non-hydrogen) atoms. The van der Waals surface area contributed by atoms with Gasteiger partial charge in [0.1, 0.15) is 4.90 Å². The summed E-state index contributed by atoms with van der Waals surface area (Å²) in [5.41, 5.74) is 0.311. The van der Waals surface area contributed by atoms with E-state index in [9.17, 15) is 18.0 Å². The molecule has 0 bridgehead atoms. The molecule has 0 unspecified atom stereocenters. The molecule has 0 aliphatic heterocycles. The molecule has 2 aromatic carbocycles. The highest BCUT2D eigenvalue weighted by Crippen LogP contribution is 2.31. The molecular formula is C26H30Cl2N2O5S. The summed E-state index contributed by atoms with van der Waals surface area (Å²) in [6, 6.07) is 10.1. The molecule has 0 spiro atoms. The fourth-order valence-corrected chi connectivity index (χ4v) is 6.33. The number of nitrogens with zero attached hydrogens (tertiary/aromatic N) is 1. The zero-order valence-corrected chi connectivity index (χ0v) is 22.6. The summed E-state index contributed by atoms with van der Waals surface area (Å²) in [5, 5.41) is 3.33. The number of hydrogen-bond acceptors (Lipinski definition) is 5. The third-order valence-corrected chi connectivity index (χ3v) is 9.06. The Labute approximate surface area is 222 Å². The van der Waals surface area contributed by atoms with Crippen LogP contribution in [-0.2, 0) is 19.6 Å². The van der Waals surface area contributed by atoms with E-state index in [0.29, 0.717) is 22.5 Å². The van der Waals surface area contributed by atoms with Crippen molar-refractivity contribution in [2.24, 2.45) is 11.8 Å². The van der Waals surface area contributed by atoms with Gasteiger partial charge in [-0.25, -0.2) is 13.2 Å². The number of benzene rings is 2. The molecule has 1 saturated carbocycles. The molecule has 1 amide bonds. The molecule has 0 radical (unpaired) electrons. The Balaban J connectivity index is 1.75. The number of nitrogens with one attached hydrogen (secondary N) is 1. The number of sulfonamides is 1. The van der Waals surface area contributed by atoms with Crippen LogP contribution < -0.4 is 9.62 Å². The van der Waals surface area contributed by atoms with Gasteiger partial charge in [-0.05, 0) is 60.7 Å². The van der Waals surface area contributed by atoms with Gasteiger partial charge in [0.25, 0.3) is 15.9 Å². The van der Waals surface area contributed by atoms with Gasteiger partial charge in [-0.2, -0.15) is 0 Å². The highest BCUT2D eigenvalue weighted by molar-refractivity contribution is 7.93. The van der Waals surface area contributed by atoms with E-state index >= 15 is 0 Å². The predicted octanol–water partition coefficient (Wildman–Crippen LogP) is 5.47. The zero-order valence-electron chi connectivity index (χ0n) is 20.2. The van der Waals surface area contributed by atoms with Gasteiger partial charge in [0.05, 0.1) is 22.8 Å². The first-order valence-corrected chi connectivity index (χ1v) is 13.9. The van der Waals surface area contributed by atoms with Gasteiger partial charge >= 0.3 is 5.97 Å². The van der Waals surface area contributed by atoms with Crippen LogP contribution in [0.1, 0.15) is 43.5 Å². The summed E-state index contributed by atoms with van der Waals surface area (Å²) in [5.74, 6) is -0.378. The molecule has 1 fully saturated rings. The van der Waals surface area contributed by atoms with Crippen molar-refractivity contribution in [2.75, 3.05) is 17.5 Å². The number of halogens is 2. The largest absolute Gasteiger partial charge is 0.452 e. The van der Waals surface area contributed by atoms with Crippen LogP contribution in [0.3, 0.4) is 0 Å². The second-order valence-electron chi connectivity index (χ2n) is 8.96. The Morgan fingerprint density at radius 1 is 1.14 bits per heavy atom. The van der Waals surface area contributed by atoms with Gasteiger partial charge in [0.2, 0.25) is 0 Å². The Morgan fingerprint density at radius 2 is 1.83 bits per heavy atom. The molecule has 1 aliphatic carbocycles. The van der Waals surface area contributed by atoms with Crippen molar-refractivity contribution in [3.05, 3.63) is 70.7 Å². The van der Waals surface area contributed by atoms with E-state index in [0.717, 1.165) is 29.6 Å². The van der Waals surface area contributed by atoms with Gasteiger partial charge in [0.15, 0.2) is 6.61 Å². The number of amides is 1. The lowest BCUT2D eigenvalue weighted by Gasteiger charge is -2.34. The minimum Gasteiger partial charge on any atom is -0.452 e. The van der Waals surface area contributed by atoms with Crippen molar-refractivity contribution in [3.63, 3.8) is 0 Å².